The smallest absolute Gasteiger partial charge is 0.0568 e. The van der Waals surface area contributed by atoms with Gasteiger partial charge in [0.05, 0.1) is 6.10 Å². The Hall–Kier alpha value is -0.120. The molecule has 1 aliphatic carbocycles. The van der Waals surface area contributed by atoms with Crippen LogP contribution in [0.3, 0.4) is 0 Å². The summed E-state index contributed by atoms with van der Waals surface area (Å²) in [7, 11) is 4.33. The van der Waals surface area contributed by atoms with Crippen LogP contribution in [-0.4, -0.2) is 60.8 Å². The summed E-state index contributed by atoms with van der Waals surface area (Å²) >= 11 is 0. The molecule has 1 saturated carbocycles. The summed E-state index contributed by atoms with van der Waals surface area (Å²) in [6.07, 6.45) is 7.40. The van der Waals surface area contributed by atoms with Crippen LogP contribution in [0.4, 0.5) is 0 Å². The van der Waals surface area contributed by atoms with Crippen LogP contribution in [0.5, 0.6) is 0 Å². The van der Waals surface area contributed by atoms with Crippen LogP contribution in [0, 0.1) is 5.92 Å². The molecule has 1 N–H and O–H groups in total. The van der Waals surface area contributed by atoms with Gasteiger partial charge in [-0.15, -0.1) is 0 Å². The maximum absolute atomic E-state index is 9.85. The first-order valence-electron chi connectivity index (χ1n) is 7.23. The van der Waals surface area contributed by atoms with E-state index in [0.29, 0.717) is 5.92 Å². The highest BCUT2D eigenvalue weighted by atomic mass is 16.3. The molecule has 3 atom stereocenters. The molecular formula is C14H28N2O. The second kappa shape index (κ2) is 6.17. The zero-order chi connectivity index (χ0) is 12.3. The summed E-state index contributed by atoms with van der Waals surface area (Å²) in [5.74, 6) is 0.579. The second-order valence-electron chi connectivity index (χ2n) is 6.14. The first-order valence-corrected chi connectivity index (χ1v) is 7.23. The van der Waals surface area contributed by atoms with Crippen LogP contribution in [0.1, 0.15) is 38.5 Å². The van der Waals surface area contributed by atoms with Crippen LogP contribution in [0.15, 0.2) is 0 Å². The van der Waals surface area contributed by atoms with E-state index in [1.165, 1.54) is 51.7 Å². The fourth-order valence-electron chi connectivity index (χ4n) is 3.50. The van der Waals surface area contributed by atoms with Gasteiger partial charge in [0.25, 0.3) is 0 Å². The Kier molecular flexibility index (Phi) is 4.83. The topological polar surface area (TPSA) is 26.7 Å². The van der Waals surface area contributed by atoms with E-state index < -0.39 is 0 Å². The summed E-state index contributed by atoms with van der Waals surface area (Å²) in [6, 6.07) is 0.753. The van der Waals surface area contributed by atoms with Gasteiger partial charge in [-0.3, -0.25) is 4.90 Å². The van der Waals surface area contributed by atoms with Gasteiger partial charge in [0, 0.05) is 12.6 Å². The molecule has 3 nitrogen and oxygen atoms in total. The molecule has 0 aromatic rings. The van der Waals surface area contributed by atoms with Gasteiger partial charge in [-0.2, -0.15) is 0 Å². The van der Waals surface area contributed by atoms with Gasteiger partial charge in [0.15, 0.2) is 0 Å². The van der Waals surface area contributed by atoms with Gasteiger partial charge >= 0.3 is 0 Å². The number of hydrogen-bond acceptors (Lipinski definition) is 3. The van der Waals surface area contributed by atoms with Crippen LogP contribution in [0.2, 0.25) is 0 Å². The van der Waals surface area contributed by atoms with Gasteiger partial charge in [-0.05, 0) is 65.2 Å². The van der Waals surface area contributed by atoms with Crippen molar-refractivity contribution >= 4 is 0 Å². The third-order valence-electron chi connectivity index (χ3n) is 4.48. The molecule has 0 aromatic carbocycles. The summed E-state index contributed by atoms with van der Waals surface area (Å²) in [5.41, 5.74) is 0. The SMILES string of the molecule is CN(C)CC1CCCN1CCC1CCCC1O. The molecule has 1 aliphatic heterocycles. The summed E-state index contributed by atoms with van der Waals surface area (Å²) in [5, 5.41) is 9.85. The summed E-state index contributed by atoms with van der Waals surface area (Å²) in [4.78, 5) is 4.94. The fraction of sp³-hybridized carbons (Fsp3) is 1.00. The van der Waals surface area contributed by atoms with E-state index in [-0.39, 0.29) is 6.10 Å². The molecule has 3 unspecified atom stereocenters. The van der Waals surface area contributed by atoms with Gasteiger partial charge in [-0.1, -0.05) is 6.42 Å². The second-order valence-corrected chi connectivity index (χ2v) is 6.14. The molecule has 0 radical (unpaired) electrons. The monoisotopic (exact) mass is 240 g/mol. The Morgan fingerprint density at radius 1 is 1.18 bits per heavy atom. The highest BCUT2D eigenvalue weighted by Crippen LogP contribution is 2.29. The number of likely N-dealkylation sites (N-methyl/N-ethyl adjacent to an activating group) is 1. The molecule has 1 heterocycles. The lowest BCUT2D eigenvalue weighted by Gasteiger charge is -2.28. The molecule has 0 spiro atoms. The van der Waals surface area contributed by atoms with Crippen molar-refractivity contribution in [2.75, 3.05) is 33.7 Å². The van der Waals surface area contributed by atoms with E-state index in [9.17, 15) is 5.11 Å². The van der Waals surface area contributed by atoms with Crippen molar-refractivity contribution in [3.05, 3.63) is 0 Å². The van der Waals surface area contributed by atoms with Gasteiger partial charge < -0.3 is 10.0 Å². The first-order chi connectivity index (χ1) is 8.16. The maximum atomic E-state index is 9.85. The minimum atomic E-state index is -0.00935. The van der Waals surface area contributed by atoms with E-state index in [0.717, 1.165) is 12.5 Å². The van der Waals surface area contributed by atoms with E-state index in [2.05, 4.69) is 23.9 Å². The molecule has 2 aliphatic rings. The van der Waals surface area contributed by atoms with Crippen LogP contribution in [0.25, 0.3) is 0 Å². The molecule has 0 bridgehead atoms. The first kappa shape index (κ1) is 13.3. The number of aliphatic hydroxyl groups excluding tert-OH is 1. The minimum Gasteiger partial charge on any atom is -0.393 e. The molecule has 17 heavy (non-hydrogen) atoms. The summed E-state index contributed by atoms with van der Waals surface area (Å²) in [6.45, 7) is 3.65. The molecule has 2 rings (SSSR count). The molecule has 1 saturated heterocycles. The third kappa shape index (κ3) is 3.67. The Balaban J connectivity index is 1.73. The highest BCUT2D eigenvalue weighted by Gasteiger charge is 2.28. The Labute approximate surface area is 106 Å². The predicted molar refractivity (Wildman–Crippen MR) is 71.1 cm³/mol. The van der Waals surface area contributed by atoms with Crippen molar-refractivity contribution in [2.45, 2.75) is 50.7 Å². The standard InChI is InChI=1S/C14H28N2O/c1-15(2)11-13-6-4-9-16(13)10-8-12-5-3-7-14(12)17/h12-14,17H,3-11H2,1-2H3. The lowest BCUT2D eigenvalue weighted by molar-refractivity contribution is 0.113. The quantitative estimate of drug-likeness (QED) is 0.790. The van der Waals surface area contributed by atoms with E-state index in [1.807, 2.05) is 0 Å². The average molecular weight is 240 g/mol. The van der Waals surface area contributed by atoms with Gasteiger partial charge in [0.2, 0.25) is 0 Å². The van der Waals surface area contributed by atoms with E-state index in [1.54, 1.807) is 0 Å². The number of aliphatic hydroxyl groups is 1. The Morgan fingerprint density at radius 3 is 2.65 bits per heavy atom. The van der Waals surface area contributed by atoms with Gasteiger partial charge in [0.1, 0.15) is 0 Å². The maximum Gasteiger partial charge on any atom is 0.0568 e. The normalized spacial score (nSPS) is 34.9. The van der Waals surface area contributed by atoms with Crippen molar-refractivity contribution < 1.29 is 5.11 Å². The summed E-state index contributed by atoms with van der Waals surface area (Å²) < 4.78 is 0. The number of hydrogen-bond donors (Lipinski definition) is 1. The van der Waals surface area contributed by atoms with Crippen LogP contribution < -0.4 is 0 Å². The highest BCUT2D eigenvalue weighted by molar-refractivity contribution is 4.83. The van der Waals surface area contributed by atoms with Gasteiger partial charge in [-0.25, -0.2) is 0 Å². The average Bonchev–Trinajstić information content (AvgIpc) is 2.84. The largest absolute Gasteiger partial charge is 0.393 e. The molecule has 100 valence electrons. The van der Waals surface area contributed by atoms with Crippen molar-refractivity contribution in [1.29, 1.82) is 0 Å². The number of likely N-dealkylation sites (tertiary alicyclic amines) is 1. The van der Waals surface area contributed by atoms with E-state index in [4.69, 9.17) is 0 Å². The fourth-order valence-corrected chi connectivity index (χ4v) is 3.50. The van der Waals surface area contributed by atoms with E-state index >= 15 is 0 Å². The molecule has 2 fully saturated rings. The number of rotatable bonds is 5. The zero-order valence-electron chi connectivity index (χ0n) is 11.4. The van der Waals surface area contributed by atoms with Crippen LogP contribution >= 0.6 is 0 Å². The number of nitrogens with zero attached hydrogens (tertiary/aromatic N) is 2. The molecule has 0 aromatic heterocycles. The lowest BCUT2D eigenvalue weighted by Crippen LogP contribution is -2.38. The van der Waals surface area contributed by atoms with Crippen molar-refractivity contribution in [1.82, 2.24) is 9.80 Å². The lowest BCUT2D eigenvalue weighted by atomic mass is 10.0. The van der Waals surface area contributed by atoms with Crippen molar-refractivity contribution in [2.24, 2.45) is 5.92 Å². The van der Waals surface area contributed by atoms with Crippen LogP contribution in [-0.2, 0) is 0 Å². The zero-order valence-corrected chi connectivity index (χ0v) is 11.4. The van der Waals surface area contributed by atoms with Crippen molar-refractivity contribution in [3.63, 3.8) is 0 Å². The third-order valence-corrected chi connectivity index (χ3v) is 4.48. The Bertz CT molecular complexity index is 232. The van der Waals surface area contributed by atoms with Crippen molar-refractivity contribution in [3.8, 4) is 0 Å². The molecular weight excluding hydrogens is 212 g/mol. The molecule has 3 heteroatoms. The molecule has 0 amide bonds. The predicted octanol–water partition coefficient (Wildman–Crippen LogP) is 1.56. The Morgan fingerprint density at radius 2 is 2.00 bits per heavy atom. The minimum absolute atomic E-state index is 0.00935.